The number of aromatic nitrogens is 4. The molecule has 0 radical (unpaired) electrons. The van der Waals surface area contributed by atoms with Crippen LogP contribution in [0.1, 0.15) is 37.8 Å². The molecule has 7 heteroatoms. The van der Waals surface area contributed by atoms with E-state index in [1.807, 2.05) is 47.4 Å². The van der Waals surface area contributed by atoms with Crippen LogP contribution in [0.4, 0.5) is 0 Å². The molecule has 232 valence electrons. The number of hydrogen-bond acceptors (Lipinski definition) is 4. The van der Waals surface area contributed by atoms with Crippen molar-refractivity contribution in [2.45, 2.75) is 44.4 Å². The zero-order chi connectivity index (χ0) is 30.8. The van der Waals surface area contributed by atoms with E-state index in [9.17, 15) is 0 Å². The van der Waals surface area contributed by atoms with Crippen molar-refractivity contribution in [1.82, 2.24) is 19.3 Å². The van der Waals surface area contributed by atoms with E-state index in [0.717, 1.165) is 69.5 Å². The largest absolute Gasteiger partial charge is 2.00 e. The molecule has 0 saturated heterocycles. The summed E-state index contributed by atoms with van der Waals surface area (Å²) in [5.41, 5.74) is 8.02. The monoisotopic (exact) mass is 801 g/mol. The maximum Gasteiger partial charge on any atom is 2.00 e. The van der Waals surface area contributed by atoms with Gasteiger partial charge in [0, 0.05) is 39.9 Å². The smallest absolute Gasteiger partial charge is 0.509 e. The predicted octanol–water partition coefficient (Wildman–Crippen LogP) is 10.0. The van der Waals surface area contributed by atoms with Crippen molar-refractivity contribution in [3.63, 3.8) is 0 Å². The Hall–Kier alpha value is -4.12. The summed E-state index contributed by atoms with van der Waals surface area (Å²) in [5.74, 6) is 2.07. The number of rotatable bonds is 10. The third kappa shape index (κ3) is 6.17. The summed E-state index contributed by atoms with van der Waals surface area (Å²) in [4.78, 5) is 5.87. The first kappa shape index (κ1) is 31.8. The third-order valence-electron chi connectivity index (χ3n) is 8.11. The molecule has 0 aliphatic heterocycles. The van der Waals surface area contributed by atoms with Gasteiger partial charge in [0.25, 0.3) is 0 Å². The van der Waals surface area contributed by atoms with E-state index in [2.05, 4.69) is 97.6 Å². The minimum Gasteiger partial charge on any atom is -0.509 e. The van der Waals surface area contributed by atoms with Gasteiger partial charge >= 0.3 is 21.1 Å². The molecule has 0 aliphatic carbocycles. The number of ether oxygens (including phenoxy) is 1. The van der Waals surface area contributed by atoms with Gasteiger partial charge in [-0.15, -0.1) is 47.5 Å². The van der Waals surface area contributed by atoms with Gasteiger partial charge in [-0.25, -0.2) is 4.98 Å². The fraction of sp³-hybridized carbons (Fsp3) is 0.179. The molecule has 3 aromatic heterocycles. The SMILES string of the molecule is CCCc1cccc(CCC)c1-c1cnn(-c2[c-]c(Oc3[c-]c4c(cc3)c3ccccc3n4-c3cc(SC)ccn3)ccc2)c1.[Pt+2]. The number of pyridine rings is 1. The molecule has 7 rings (SSSR count). The van der Waals surface area contributed by atoms with Gasteiger partial charge in [-0.05, 0) is 65.1 Å². The molecule has 0 aliphatic rings. The Kier molecular flexibility index (Phi) is 9.77. The summed E-state index contributed by atoms with van der Waals surface area (Å²) in [6.07, 6.45) is 12.3. The average molecular weight is 802 g/mol. The molecule has 0 amide bonds. The van der Waals surface area contributed by atoms with Crippen LogP contribution in [0, 0.1) is 12.1 Å². The molecule has 0 bridgehead atoms. The second-order valence-corrected chi connectivity index (χ2v) is 12.0. The Balaban J connectivity index is 0.00000372. The van der Waals surface area contributed by atoms with E-state index in [1.54, 1.807) is 11.8 Å². The van der Waals surface area contributed by atoms with Crippen molar-refractivity contribution in [3.8, 4) is 34.1 Å². The number of benzene rings is 4. The molecule has 0 atom stereocenters. The van der Waals surface area contributed by atoms with Crippen LogP contribution in [0.15, 0.2) is 108 Å². The minimum absolute atomic E-state index is 0. The maximum atomic E-state index is 6.38. The second kappa shape index (κ2) is 14.1. The van der Waals surface area contributed by atoms with Crippen LogP contribution in [0.25, 0.3) is 44.4 Å². The molecule has 0 N–H and O–H groups in total. The van der Waals surface area contributed by atoms with E-state index in [1.165, 1.54) is 16.7 Å². The summed E-state index contributed by atoms with van der Waals surface area (Å²) < 4.78 is 10.4. The van der Waals surface area contributed by atoms with E-state index >= 15 is 0 Å². The fourth-order valence-corrected chi connectivity index (χ4v) is 6.55. The summed E-state index contributed by atoms with van der Waals surface area (Å²) in [7, 11) is 0. The normalized spacial score (nSPS) is 11.2. The average Bonchev–Trinajstić information content (AvgIpc) is 3.69. The molecule has 0 saturated carbocycles. The van der Waals surface area contributed by atoms with Gasteiger partial charge in [0.2, 0.25) is 0 Å². The molecule has 5 nitrogen and oxygen atoms in total. The topological polar surface area (TPSA) is 44.9 Å². The second-order valence-electron chi connectivity index (χ2n) is 11.1. The van der Waals surface area contributed by atoms with E-state index in [0.29, 0.717) is 11.5 Å². The summed E-state index contributed by atoms with van der Waals surface area (Å²) in [6, 6.07) is 36.1. The van der Waals surface area contributed by atoms with Crippen molar-refractivity contribution in [1.29, 1.82) is 0 Å². The van der Waals surface area contributed by atoms with E-state index in [4.69, 9.17) is 14.8 Å². The van der Waals surface area contributed by atoms with Gasteiger partial charge in [0.15, 0.2) is 0 Å². The Morgan fingerprint density at radius 3 is 2.35 bits per heavy atom. The van der Waals surface area contributed by atoms with Crippen LogP contribution in [-0.4, -0.2) is 25.6 Å². The zero-order valence-electron chi connectivity index (χ0n) is 26.1. The molecule has 0 unspecified atom stereocenters. The quantitative estimate of drug-likeness (QED) is 0.102. The third-order valence-corrected chi connectivity index (χ3v) is 8.83. The fourth-order valence-electron chi connectivity index (χ4n) is 6.13. The molecular formula is C39H34N4OPtS. The predicted molar refractivity (Wildman–Crippen MR) is 185 cm³/mol. The number of hydrogen-bond donors (Lipinski definition) is 0. The molecule has 4 aromatic carbocycles. The maximum absolute atomic E-state index is 6.38. The van der Waals surface area contributed by atoms with Crippen LogP contribution in [-0.2, 0) is 33.9 Å². The van der Waals surface area contributed by atoms with Crippen molar-refractivity contribution >= 4 is 33.6 Å². The number of nitrogens with zero attached hydrogens (tertiary/aromatic N) is 4. The molecule has 7 aromatic rings. The molecule has 46 heavy (non-hydrogen) atoms. The Morgan fingerprint density at radius 2 is 1.57 bits per heavy atom. The number of thioether (sulfide) groups is 1. The summed E-state index contributed by atoms with van der Waals surface area (Å²) in [5, 5.41) is 7.00. The van der Waals surface area contributed by atoms with Crippen molar-refractivity contribution in [2.24, 2.45) is 0 Å². The van der Waals surface area contributed by atoms with Gasteiger partial charge in [-0.3, -0.25) is 4.68 Å². The molecule has 0 fully saturated rings. The van der Waals surface area contributed by atoms with Gasteiger partial charge in [0.05, 0.1) is 6.20 Å². The summed E-state index contributed by atoms with van der Waals surface area (Å²) >= 11 is 1.70. The van der Waals surface area contributed by atoms with Crippen molar-refractivity contribution in [2.75, 3.05) is 6.26 Å². The molecule has 0 spiro atoms. The first-order chi connectivity index (χ1) is 22.2. The number of para-hydroxylation sites is 1. The van der Waals surface area contributed by atoms with Crippen LogP contribution in [0.3, 0.4) is 0 Å². The number of aryl methyl sites for hydroxylation is 2. The molecular weight excluding hydrogens is 768 g/mol. The molecule has 3 heterocycles. The Bertz CT molecular complexity index is 2110. The van der Waals surface area contributed by atoms with Crippen LogP contribution in [0.5, 0.6) is 11.5 Å². The van der Waals surface area contributed by atoms with Gasteiger partial charge < -0.3 is 9.30 Å². The number of fused-ring (bicyclic) bond motifs is 3. The summed E-state index contributed by atoms with van der Waals surface area (Å²) in [6.45, 7) is 4.46. The van der Waals surface area contributed by atoms with Crippen molar-refractivity contribution in [3.05, 3.63) is 127 Å². The van der Waals surface area contributed by atoms with Crippen LogP contribution >= 0.6 is 11.8 Å². The van der Waals surface area contributed by atoms with Crippen LogP contribution in [0.2, 0.25) is 0 Å². The first-order valence-corrected chi connectivity index (χ1v) is 16.7. The first-order valence-electron chi connectivity index (χ1n) is 15.5. The standard InChI is InChI=1S/C39H34N4OS.Pt/c1-4-10-27-12-8-13-28(11-5-2)39(27)29-25-41-42(26-29)30-14-9-15-31(22-30)44-32-18-19-35-34-16-6-7-17-36(34)43(37(35)23-32)38-24-33(45-3)20-21-40-38;/h6-9,12-21,24-26H,4-5,10-11H2,1-3H3;/q-2;+2. The van der Waals surface area contributed by atoms with Gasteiger partial charge in [-0.1, -0.05) is 68.6 Å². The van der Waals surface area contributed by atoms with Crippen molar-refractivity contribution < 1.29 is 25.8 Å². The van der Waals surface area contributed by atoms with Gasteiger partial charge in [0.1, 0.15) is 5.82 Å². The minimum atomic E-state index is 0. The van der Waals surface area contributed by atoms with Gasteiger partial charge in [-0.2, -0.15) is 17.2 Å². The Morgan fingerprint density at radius 1 is 0.804 bits per heavy atom. The van der Waals surface area contributed by atoms with E-state index in [-0.39, 0.29) is 21.1 Å². The Labute approximate surface area is 288 Å². The van der Waals surface area contributed by atoms with Crippen LogP contribution < -0.4 is 4.74 Å². The zero-order valence-corrected chi connectivity index (χ0v) is 29.2. The van der Waals surface area contributed by atoms with E-state index < -0.39 is 0 Å².